The third kappa shape index (κ3) is 1.55. The summed E-state index contributed by atoms with van der Waals surface area (Å²) in [6, 6.07) is 15.5. The van der Waals surface area contributed by atoms with Crippen molar-refractivity contribution in [2.75, 3.05) is 7.11 Å². The fourth-order valence-corrected chi connectivity index (χ4v) is 3.52. The molecule has 4 nitrogen and oxygen atoms in total. The summed E-state index contributed by atoms with van der Waals surface area (Å²) in [6.45, 7) is 0. The first-order valence-corrected chi connectivity index (χ1v) is 7.69. The molecular weight excluding hydrogens is 300 g/mol. The number of methoxy groups -OCH3 is 1. The quantitative estimate of drug-likeness (QED) is 0.439. The van der Waals surface area contributed by atoms with Gasteiger partial charge in [0.05, 0.1) is 23.9 Å². The zero-order valence-corrected chi connectivity index (χ0v) is 12.9. The minimum Gasteiger partial charge on any atom is -0.496 e. The highest BCUT2D eigenvalue weighted by molar-refractivity contribution is 6.28. The Labute approximate surface area is 137 Å². The number of ketones is 1. The highest BCUT2D eigenvalue weighted by atomic mass is 16.5. The van der Waals surface area contributed by atoms with Crippen molar-refractivity contribution in [3.63, 3.8) is 0 Å². The van der Waals surface area contributed by atoms with Gasteiger partial charge < -0.3 is 4.74 Å². The lowest BCUT2D eigenvalue weighted by atomic mass is 9.87. The molecule has 0 saturated heterocycles. The van der Waals surface area contributed by atoms with Crippen molar-refractivity contribution in [2.45, 2.75) is 0 Å². The fourth-order valence-electron chi connectivity index (χ4n) is 3.52. The predicted molar refractivity (Wildman–Crippen MR) is 92.5 cm³/mol. The van der Waals surface area contributed by atoms with E-state index < -0.39 is 0 Å². The van der Waals surface area contributed by atoms with Crippen LogP contribution < -0.4 is 4.74 Å². The lowest BCUT2D eigenvalue weighted by molar-refractivity contribution is 0.103. The third-order valence-electron chi connectivity index (χ3n) is 4.56. The van der Waals surface area contributed by atoms with E-state index in [4.69, 9.17) is 9.72 Å². The van der Waals surface area contributed by atoms with Crippen molar-refractivity contribution >= 4 is 27.5 Å². The van der Waals surface area contributed by atoms with Crippen LogP contribution >= 0.6 is 0 Å². The molecule has 0 spiro atoms. The Morgan fingerprint density at radius 2 is 1.79 bits per heavy atom. The van der Waals surface area contributed by atoms with Crippen LogP contribution in [0.2, 0.25) is 0 Å². The van der Waals surface area contributed by atoms with E-state index in [0.717, 1.165) is 32.9 Å². The number of para-hydroxylation sites is 1. The number of aromatic nitrogens is 2. The van der Waals surface area contributed by atoms with Crippen molar-refractivity contribution in [1.29, 1.82) is 0 Å². The van der Waals surface area contributed by atoms with Gasteiger partial charge in [0.1, 0.15) is 11.4 Å². The molecule has 0 aliphatic heterocycles. The van der Waals surface area contributed by atoms with E-state index in [-0.39, 0.29) is 5.78 Å². The molecule has 1 aliphatic carbocycles. The van der Waals surface area contributed by atoms with E-state index >= 15 is 0 Å². The summed E-state index contributed by atoms with van der Waals surface area (Å²) in [5.41, 5.74) is 3.48. The Kier molecular flexibility index (Phi) is 2.54. The van der Waals surface area contributed by atoms with Gasteiger partial charge in [0.15, 0.2) is 0 Å². The molecule has 0 atom stereocenters. The Morgan fingerprint density at radius 3 is 2.67 bits per heavy atom. The van der Waals surface area contributed by atoms with Crippen LogP contribution in [0.4, 0.5) is 0 Å². The van der Waals surface area contributed by atoms with Crippen LogP contribution in [0.25, 0.3) is 32.9 Å². The third-order valence-corrected chi connectivity index (χ3v) is 4.56. The molecular formula is C20H12N2O2. The lowest BCUT2D eigenvalue weighted by Crippen LogP contribution is -2.14. The summed E-state index contributed by atoms with van der Waals surface area (Å²) in [4.78, 5) is 22.2. The average Bonchev–Trinajstić information content (AvgIpc) is 2.65. The summed E-state index contributed by atoms with van der Waals surface area (Å²) >= 11 is 0. The molecule has 2 heterocycles. The van der Waals surface area contributed by atoms with Crippen LogP contribution in [0, 0.1) is 0 Å². The first-order valence-electron chi connectivity index (χ1n) is 7.69. The molecule has 0 bridgehead atoms. The number of carbonyl (C=O) groups excluding carboxylic acids is 1. The van der Waals surface area contributed by atoms with E-state index in [1.54, 1.807) is 19.4 Å². The van der Waals surface area contributed by atoms with E-state index in [2.05, 4.69) is 4.98 Å². The van der Waals surface area contributed by atoms with Gasteiger partial charge >= 0.3 is 0 Å². The second kappa shape index (κ2) is 4.61. The molecule has 2 aromatic carbocycles. The molecule has 24 heavy (non-hydrogen) atoms. The monoisotopic (exact) mass is 312 g/mol. The van der Waals surface area contributed by atoms with E-state index in [0.29, 0.717) is 17.0 Å². The standard InChI is InChI=1S/C20H12N2O2/c1-24-15-8-4-6-13-16(15)20(23)19-17-12(9-10-21-19)11-5-2-3-7-14(11)22-18(13)17/h2-10H,1H3. The first-order chi connectivity index (χ1) is 11.8. The van der Waals surface area contributed by atoms with E-state index in [1.807, 2.05) is 42.5 Å². The van der Waals surface area contributed by atoms with Crippen molar-refractivity contribution in [3.05, 3.63) is 66.0 Å². The van der Waals surface area contributed by atoms with Gasteiger partial charge in [-0.2, -0.15) is 0 Å². The molecule has 4 heteroatoms. The molecule has 2 aromatic heterocycles. The first kappa shape index (κ1) is 13.2. The van der Waals surface area contributed by atoms with Crippen molar-refractivity contribution in [2.24, 2.45) is 0 Å². The van der Waals surface area contributed by atoms with Crippen LogP contribution in [0.5, 0.6) is 5.75 Å². The summed E-state index contributed by atoms with van der Waals surface area (Å²) in [5, 5.41) is 2.85. The molecule has 1 aliphatic rings. The Hall–Kier alpha value is -3.27. The largest absolute Gasteiger partial charge is 0.496 e. The fraction of sp³-hybridized carbons (Fsp3) is 0.0500. The van der Waals surface area contributed by atoms with Gasteiger partial charge in [-0.05, 0) is 23.6 Å². The zero-order chi connectivity index (χ0) is 16.3. The molecule has 0 N–H and O–H groups in total. The minimum absolute atomic E-state index is 0.113. The molecule has 0 radical (unpaired) electrons. The van der Waals surface area contributed by atoms with Crippen molar-refractivity contribution in [3.8, 4) is 17.0 Å². The van der Waals surface area contributed by atoms with Crippen molar-refractivity contribution < 1.29 is 9.53 Å². The highest BCUT2D eigenvalue weighted by Gasteiger charge is 2.30. The van der Waals surface area contributed by atoms with Gasteiger partial charge in [0.2, 0.25) is 5.78 Å². The smallest absolute Gasteiger partial charge is 0.216 e. The Bertz CT molecular complexity index is 1170. The van der Waals surface area contributed by atoms with Gasteiger partial charge in [-0.3, -0.25) is 9.78 Å². The number of hydrogen-bond donors (Lipinski definition) is 0. The predicted octanol–water partition coefficient (Wildman–Crippen LogP) is 4.00. The number of hydrogen-bond acceptors (Lipinski definition) is 4. The number of nitrogens with zero attached hydrogens (tertiary/aromatic N) is 2. The molecule has 0 fully saturated rings. The summed E-state index contributed by atoms with van der Waals surface area (Å²) in [5.74, 6) is 0.439. The SMILES string of the molecule is COc1cccc2c1C(=O)c1nccc3c1c-2nc1ccccc13. The number of fused-ring (bicyclic) bond motifs is 4. The summed E-state index contributed by atoms with van der Waals surface area (Å²) < 4.78 is 5.40. The number of ether oxygens (including phenoxy) is 1. The summed E-state index contributed by atoms with van der Waals surface area (Å²) in [6.07, 6.45) is 1.69. The van der Waals surface area contributed by atoms with Gasteiger partial charge in [0, 0.05) is 22.5 Å². The second-order valence-corrected chi connectivity index (χ2v) is 5.77. The number of benzene rings is 2. The topological polar surface area (TPSA) is 52.1 Å². The molecule has 114 valence electrons. The maximum atomic E-state index is 13.0. The molecule has 5 rings (SSSR count). The van der Waals surface area contributed by atoms with Crippen molar-refractivity contribution in [1.82, 2.24) is 9.97 Å². The van der Waals surface area contributed by atoms with Crippen LogP contribution in [0.15, 0.2) is 54.7 Å². The normalized spacial score (nSPS) is 12.5. The molecule has 0 amide bonds. The van der Waals surface area contributed by atoms with Crippen LogP contribution in [0.1, 0.15) is 16.1 Å². The molecule has 4 aromatic rings. The minimum atomic E-state index is -0.113. The van der Waals surface area contributed by atoms with Gasteiger partial charge in [-0.1, -0.05) is 30.3 Å². The highest BCUT2D eigenvalue weighted by Crippen LogP contribution is 2.42. The average molecular weight is 312 g/mol. The van der Waals surface area contributed by atoms with E-state index in [9.17, 15) is 4.79 Å². The van der Waals surface area contributed by atoms with Gasteiger partial charge in [-0.15, -0.1) is 0 Å². The maximum absolute atomic E-state index is 13.0. The molecule has 0 saturated carbocycles. The zero-order valence-electron chi connectivity index (χ0n) is 12.9. The number of carbonyl (C=O) groups is 1. The van der Waals surface area contributed by atoms with Crippen LogP contribution in [-0.2, 0) is 0 Å². The lowest BCUT2D eigenvalue weighted by Gasteiger charge is -2.20. The van der Waals surface area contributed by atoms with Crippen LogP contribution in [-0.4, -0.2) is 22.9 Å². The van der Waals surface area contributed by atoms with Gasteiger partial charge in [0.25, 0.3) is 0 Å². The Morgan fingerprint density at radius 1 is 0.917 bits per heavy atom. The number of pyridine rings is 2. The number of rotatable bonds is 1. The molecule has 0 unspecified atom stereocenters. The van der Waals surface area contributed by atoms with E-state index in [1.165, 1.54) is 0 Å². The van der Waals surface area contributed by atoms with Crippen LogP contribution in [0.3, 0.4) is 0 Å². The maximum Gasteiger partial charge on any atom is 0.216 e. The van der Waals surface area contributed by atoms with Gasteiger partial charge in [-0.25, -0.2) is 4.98 Å². The summed E-state index contributed by atoms with van der Waals surface area (Å²) in [7, 11) is 1.57. The second-order valence-electron chi connectivity index (χ2n) is 5.77. The Balaban J connectivity index is 2.06.